The van der Waals surface area contributed by atoms with Crippen LogP contribution in [0.4, 0.5) is 0 Å². The molecule has 0 aliphatic rings. The predicted octanol–water partition coefficient (Wildman–Crippen LogP) is 2.38. The molecule has 0 saturated heterocycles. The van der Waals surface area contributed by atoms with Gasteiger partial charge in [-0.15, -0.1) is 0 Å². The summed E-state index contributed by atoms with van der Waals surface area (Å²) in [4.78, 5) is 22.0. The number of hydrogen-bond donors (Lipinski definition) is 2. The summed E-state index contributed by atoms with van der Waals surface area (Å²) in [7, 11) is 0. The van der Waals surface area contributed by atoms with Crippen LogP contribution in [0.1, 0.15) is 31.7 Å². The third-order valence-corrected chi connectivity index (χ3v) is 3.20. The van der Waals surface area contributed by atoms with E-state index in [0.29, 0.717) is 18.7 Å². The largest absolute Gasteiger partial charge is 0.484 e. The maximum Gasteiger partial charge on any atom is 0.303 e. The molecule has 0 fully saturated rings. The van der Waals surface area contributed by atoms with Gasteiger partial charge in [0.25, 0.3) is 5.91 Å². The second kappa shape index (κ2) is 9.00. The normalized spacial score (nSPS) is 11.7. The van der Waals surface area contributed by atoms with Crippen LogP contribution in [0.25, 0.3) is 0 Å². The standard InChI is InChI=1S/C16H23NO4/c1-12-3-6-14(7-4-12)21-11-15(18)17-10-9-13(2)5-8-16(19)20/h3-4,6-7,13H,5,8-11H2,1-2H3,(H,17,18)(H,19,20). The summed E-state index contributed by atoms with van der Waals surface area (Å²) >= 11 is 0. The Labute approximate surface area is 125 Å². The molecule has 0 aliphatic carbocycles. The van der Waals surface area contributed by atoms with Crippen LogP contribution in [0.5, 0.6) is 5.75 Å². The topological polar surface area (TPSA) is 75.6 Å². The van der Waals surface area contributed by atoms with Gasteiger partial charge in [0.05, 0.1) is 0 Å². The van der Waals surface area contributed by atoms with Crippen molar-refractivity contribution in [3.8, 4) is 5.75 Å². The van der Waals surface area contributed by atoms with Crippen LogP contribution in [0, 0.1) is 12.8 Å². The lowest BCUT2D eigenvalue weighted by Crippen LogP contribution is -2.30. The van der Waals surface area contributed by atoms with Gasteiger partial charge in [-0.05, 0) is 37.8 Å². The minimum absolute atomic E-state index is 0.00737. The molecule has 0 aromatic heterocycles. The third-order valence-electron chi connectivity index (χ3n) is 3.20. The summed E-state index contributed by atoms with van der Waals surface area (Å²) in [5.74, 6) is 0.00314. The molecule has 5 nitrogen and oxygen atoms in total. The molecule has 1 aromatic rings. The quantitative estimate of drug-likeness (QED) is 0.733. The fourth-order valence-corrected chi connectivity index (χ4v) is 1.81. The Balaban J connectivity index is 2.13. The SMILES string of the molecule is Cc1ccc(OCC(=O)NCCC(C)CCC(=O)O)cc1. The van der Waals surface area contributed by atoms with Crippen molar-refractivity contribution in [3.63, 3.8) is 0 Å². The average molecular weight is 293 g/mol. The van der Waals surface area contributed by atoms with Crippen LogP contribution < -0.4 is 10.1 Å². The van der Waals surface area contributed by atoms with Crippen LogP contribution in [-0.4, -0.2) is 30.1 Å². The molecule has 0 spiro atoms. The first-order valence-electron chi connectivity index (χ1n) is 7.15. The number of carbonyl (C=O) groups is 2. The summed E-state index contributed by atoms with van der Waals surface area (Å²) in [5.41, 5.74) is 1.14. The van der Waals surface area contributed by atoms with E-state index in [4.69, 9.17) is 9.84 Å². The smallest absolute Gasteiger partial charge is 0.303 e. The molecule has 0 saturated carbocycles. The zero-order valence-electron chi connectivity index (χ0n) is 12.6. The van der Waals surface area contributed by atoms with E-state index in [1.165, 1.54) is 0 Å². The maximum absolute atomic E-state index is 11.6. The lowest BCUT2D eigenvalue weighted by molar-refractivity contribution is -0.137. The lowest BCUT2D eigenvalue weighted by atomic mass is 10.0. The highest BCUT2D eigenvalue weighted by Crippen LogP contribution is 2.11. The molecule has 5 heteroatoms. The van der Waals surface area contributed by atoms with Crippen molar-refractivity contribution in [1.29, 1.82) is 0 Å². The first-order valence-corrected chi connectivity index (χ1v) is 7.15. The molecule has 0 aliphatic heterocycles. The van der Waals surface area contributed by atoms with Crippen LogP contribution in [0.15, 0.2) is 24.3 Å². The minimum Gasteiger partial charge on any atom is -0.484 e. The Hall–Kier alpha value is -2.04. The summed E-state index contributed by atoms with van der Waals surface area (Å²) < 4.78 is 5.37. The van der Waals surface area contributed by atoms with E-state index >= 15 is 0 Å². The van der Waals surface area contributed by atoms with Gasteiger partial charge in [-0.3, -0.25) is 9.59 Å². The molecular formula is C16H23NO4. The second-order valence-corrected chi connectivity index (χ2v) is 5.28. The van der Waals surface area contributed by atoms with E-state index in [1.54, 1.807) is 0 Å². The van der Waals surface area contributed by atoms with Crippen molar-refractivity contribution in [2.24, 2.45) is 5.92 Å². The van der Waals surface area contributed by atoms with E-state index < -0.39 is 5.97 Å². The van der Waals surface area contributed by atoms with Gasteiger partial charge < -0.3 is 15.2 Å². The zero-order chi connectivity index (χ0) is 15.7. The van der Waals surface area contributed by atoms with Crippen molar-refractivity contribution in [1.82, 2.24) is 5.32 Å². The van der Waals surface area contributed by atoms with Gasteiger partial charge in [-0.25, -0.2) is 0 Å². The molecular weight excluding hydrogens is 270 g/mol. The zero-order valence-corrected chi connectivity index (χ0v) is 12.6. The Morgan fingerprint density at radius 3 is 2.52 bits per heavy atom. The maximum atomic E-state index is 11.6. The van der Waals surface area contributed by atoms with Crippen molar-refractivity contribution in [2.45, 2.75) is 33.1 Å². The highest BCUT2D eigenvalue weighted by molar-refractivity contribution is 5.77. The van der Waals surface area contributed by atoms with E-state index in [-0.39, 0.29) is 24.9 Å². The van der Waals surface area contributed by atoms with Gasteiger partial charge in [0, 0.05) is 13.0 Å². The third kappa shape index (κ3) is 7.97. The van der Waals surface area contributed by atoms with E-state index in [2.05, 4.69) is 5.32 Å². The number of nitrogens with one attached hydrogen (secondary N) is 1. The summed E-state index contributed by atoms with van der Waals surface area (Å²) in [6.45, 7) is 4.50. The molecule has 0 radical (unpaired) electrons. The van der Waals surface area contributed by atoms with Gasteiger partial charge in [-0.2, -0.15) is 0 Å². The molecule has 1 unspecified atom stereocenters. The number of ether oxygens (including phenoxy) is 1. The molecule has 0 bridgehead atoms. The van der Waals surface area contributed by atoms with Gasteiger partial charge in [0.2, 0.25) is 0 Å². The number of hydrogen-bond acceptors (Lipinski definition) is 3. The second-order valence-electron chi connectivity index (χ2n) is 5.28. The number of carboxylic acids is 1. The van der Waals surface area contributed by atoms with E-state index in [1.807, 2.05) is 38.1 Å². The highest BCUT2D eigenvalue weighted by Gasteiger charge is 2.07. The van der Waals surface area contributed by atoms with Crippen molar-refractivity contribution in [3.05, 3.63) is 29.8 Å². The number of aliphatic carboxylic acids is 1. The first kappa shape index (κ1) is 17.0. The number of carboxylic acid groups (broad SMARTS) is 1. The summed E-state index contributed by atoms with van der Waals surface area (Å²) in [5, 5.41) is 11.4. The van der Waals surface area contributed by atoms with E-state index in [9.17, 15) is 9.59 Å². The molecule has 0 heterocycles. The summed E-state index contributed by atoms with van der Waals surface area (Å²) in [6, 6.07) is 7.52. The van der Waals surface area contributed by atoms with Crippen LogP contribution in [-0.2, 0) is 9.59 Å². The van der Waals surface area contributed by atoms with Gasteiger partial charge in [0.1, 0.15) is 5.75 Å². The Kier molecular flexibility index (Phi) is 7.29. The molecule has 21 heavy (non-hydrogen) atoms. The number of benzene rings is 1. The predicted molar refractivity (Wildman–Crippen MR) is 80.3 cm³/mol. The molecule has 116 valence electrons. The fourth-order valence-electron chi connectivity index (χ4n) is 1.81. The minimum atomic E-state index is -0.780. The van der Waals surface area contributed by atoms with Gasteiger partial charge in [0.15, 0.2) is 6.61 Å². The van der Waals surface area contributed by atoms with Crippen LogP contribution in [0.2, 0.25) is 0 Å². The van der Waals surface area contributed by atoms with Crippen molar-refractivity contribution >= 4 is 11.9 Å². The Morgan fingerprint density at radius 1 is 1.24 bits per heavy atom. The monoisotopic (exact) mass is 293 g/mol. The molecule has 1 atom stereocenters. The molecule has 1 amide bonds. The number of amides is 1. The Morgan fingerprint density at radius 2 is 1.90 bits per heavy atom. The summed E-state index contributed by atoms with van der Waals surface area (Å²) in [6.07, 6.45) is 1.57. The van der Waals surface area contributed by atoms with Gasteiger partial charge >= 0.3 is 5.97 Å². The first-order chi connectivity index (χ1) is 9.97. The molecule has 1 aromatic carbocycles. The number of carbonyl (C=O) groups excluding carboxylic acids is 1. The van der Waals surface area contributed by atoms with E-state index in [0.717, 1.165) is 12.0 Å². The molecule has 1 rings (SSSR count). The Bertz CT molecular complexity index is 456. The van der Waals surface area contributed by atoms with Crippen LogP contribution in [0.3, 0.4) is 0 Å². The number of rotatable bonds is 9. The van der Waals surface area contributed by atoms with Crippen molar-refractivity contribution < 1.29 is 19.4 Å². The highest BCUT2D eigenvalue weighted by atomic mass is 16.5. The average Bonchev–Trinajstić information content (AvgIpc) is 2.44. The number of aryl methyl sites for hydroxylation is 1. The van der Waals surface area contributed by atoms with Gasteiger partial charge in [-0.1, -0.05) is 24.6 Å². The lowest BCUT2D eigenvalue weighted by Gasteiger charge is -2.11. The molecule has 2 N–H and O–H groups in total. The fraction of sp³-hybridized carbons (Fsp3) is 0.500. The van der Waals surface area contributed by atoms with Crippen molar-refractivity contribution in [2.75, 3.05) is 13.2 Å². The van der Waals surface area contributed by atoms with Crippen LogP contribution >= 0.6 is 0 Å².